The first-order valence-corrected chi connectivity index (χ1v) is 9.28. The van der Waals surface area contributed by atoms with Crippen LogP contribution in [0.5, 0.6) is 11.5 Å². The number of methoxy groups -OCH3 is 1. The second-order valence-corrected chi connectivity index (χ2v) is 6.68. The van der Waals surface area contributed by atoms with Gasteiger partial charge in [-0.05, 0) is 43.7 Å². The van der Waals surface area contributed by atoms with Gasteiger partial charge in [0.2, 0.25) is 0 Å². The molecule has 0 aliphatic carbocycles. The van der Waals surface area contributed by atoms with Gasteiger partial charge in [-0.15, -0.1) is 0 Å². The molecule has 2 aromatic rings. The number of nitro groups is 1. The molecule has 0 radical (unpaired) electrons. The van der Waals surface area contributed by atoms with Crippen molar-refractivity contribution in [3.05, 3.63) is 64.2 Å². The molecule has 0 aliphatic rings. The van der Waals surface area contributed by atoms with Crippen LogP contribution in [0.1, 0.15) is 31.9 Å². The number of carbonyl (C=O) groups excluding carboxylic acids is 2. The minimum absolute atomic E-state index is 0.0478. The first-order chi connectivity index (χ1) is 14.3. The minimum atomic E-state index is -0.616. The SMILES string of the molecule is COc1ccc(C(CC(=O)OC(C)C)NC(=O)COc2ccc([N+](=O)[O-])cc2)cc1. The van der Waals surface area contributed by atoms with E-state index in [0.717, 1.165) is 0 Å². The molecule has 9 heteroatoms. The second-order valence-electron chi connectivity index (χ2n) is 6.68. The third kappa shape index (κ3) is 7.08. The normalized spacial score (nSPS) is 11.5. The number of non-ortho nitro benzene ring substituents is 1. The van der Waals surface area contributed by atoms with E-state index < -0.39 is 22.8 Å². The number of carbonyl (C=O) groups is 2. The molecule has 9 nitrogen and oxygen atoms in total. The zero-order valence-corrected chi connectivity index (χ0v) is 17.0. The van der Waals surface area contributed by atoms with Gasteiger partial charge in [-0.2, -0.15) is 0 Å². The lowest BCUT2D eigenvalue weighted by molar-refractivity contribution is -0.384. The number of nitro benzene ring substituents is 1. The largest absolute Gasteiger partial charge is 0.497 e. The summed E-state index contributed by atoms with van der Waals surface area (Å²) in [5.74, 6) is 0.0694. The molecule has 0 fully saturated rings. The van der Waals surface area contributed by atoms with Crippen LogP contribution in [-0.4, -0.2) is 36.6 Å². The summed E-state index contributed by atoms with van der Waals surface area (Å²) in [5, 5.41) is 13.4. The zero-order chi connectivity index (χ0) is 22.1. The zero-order valence-electron chi connectivity index (χ0n) is 17.0. The monoisotopic (exact) mass is 416 g/mol. The Kier molecular flexibility index (Phi) is 8.16. The van der Waals surface area contributed by atoms with Crippen LogP contribution in [0.4, 0.5) is 5.69 Å². The Hall–Kier alpha value is -3.62. The van der Waals surface area contributed by atoms with Crippen LogP contribution in [-0.2, 0) is 14.3 Å². The maximum atomic E-state index is 12.4. The third-order valence-electron chi connectivity index (χ3n) is 4.01. The topological polar surface area (TPSA) is 117 Å². The van der Waals surface area contributed by atoms with Crippen LogP contribution in [0.3, 0.4) is 0 Å². The maximum absolute atomic E-state index is 12.4. The molecule has 0 saturated heterocycles. The minimum Gasteiger partial charge on any atom is -0.497 e. The Bertz CT molecular complexity index is 864. The van der Waals surface area contributed by atoms with Crippen LogP contribution in [0.2, 0.25) is 0 Å². The first kappa shape index (κ1) is 22.7. The molecule has 0 aliphatic heterocycles. The number of rotatable bonds is 10. The Labute approximate surface area is 174 Å². The number of ether oxygens (including phenoxy) is 3. The standard InChI is InChI=1S/C21H24N2O7/c1-14(2)30-21(25)12-19(15-4-8-17(28-3)9-5-15)22-20(24)13-29-18-10-6-16(7-11-18)23(26)27/h4-11,14,19H,12-13H2,1-3H3,(H,22,24). The Morgan fingerprint density at radius 3 is 2.17 bits per heavy atom. The molecular formula is C21H24N2O7. The fourth-order valence-electron chi connectivity index (χ4n) is 2.62. The predicted octanol–water partition coefficient (Wildman–Crippen LogP) is 3.18. The van der Waals surface area contributed by atoms with E-state index in [4.69, 9.17) is 14.2 Å². The number of nitrogens with one attached hydrogen (secondary N) is 1. The van der Waals surface area contributed by atoms with E-state index in [0.29, 0.717) is 17.1 Å². The van der Waals surface area contributed by atoms with Crippen molar-refractivity contribution >= 4 is 17.6 Å². The summed E-state index contributed by atoms with van der Waals surface area (Å²) >= 11 is 0. The summed E-state index contributed by atoms with van der Waals surface area (Å²) in [6.07, 6.45) is -0.316. The number of nitrogens with zero attached hydrogens (tertiary/aromatic N) is 1. The van der Waals surface area contributed by atoms with E-state index in [1.54, 1.807) is 45.2 Å². The van der Waals surface area contributed by atoms with Gasteiger partial charge in [-0.1, -0.05) is 12.1 Å². The lowest BCUT2D eigenvalue weighted by Crippen LogP contribution is -2.34. The van der Waals surface area contributed by atoms with Gasteiger partial charge in [-0.25, -0.2) is 0 Å². The molecule has 0 saturated carbocycles. The second kappa shape index (κ2) is 10.8. The van der Waals surface area contributed by atoms with E-state index in [1.165, 1.54) is 24.3 Å². The van der Waals surface area contributed by atoms with Crippen LogP contribution < -0.4 is 14.8 Å². The molecule has 0 heterocycles. The molecule has 1 atom stereocenters. The molecule has 0 aromatic heterocycles. The van der Waals surface area contributed by atoms with Crippen molar-refractivity contribution in [2.45, 2.75) is 32.4 Å². The van der Waals surface area contributed by atoms with Crippen molar-refractivity contribution in [3.8, 4) is 11.5 Å². The van der Waals surface area contributed by atoms with Gasteiger partial charge in [0.15, 0.2) is 6.61 Å². The van der Waals surface area contributed by atoms with Crippen LogP contribution in [0.25, 0.3) is 0 Å². The number of benzene rings is 2. The molecule has 0 spiro atoms. The number of esters is 1. The fraction of sp³-hybridized carbons (Fsp3) is 0.333. The maximum Gasteiger partial charge on any atom is 0.308 e. The molecule has 160 valence electrons. The van der Waals surface area contributed by atoms with Crippen molar-refractivity contribution in [3.63, 3.8) is 0 Å². The molecule has 2 rings (SSSR count). The van der Waals surface area contributed by atoms with E-state index in [2.05, 4.69) is 5.32 Å². The summed E-state index contributed by atoms with van der Waals surface area (Å²) in [6, 6.07) is 11.7. The van der Waals surface area contributed by atoms with Crippen molar-refractivity contribution in [2.24, 2.45) is 0 Å². The molecule has 0 bridgehead atoms. The van der Waals surface area contributed by atoms with Crippen LogP contribution >= 0.6 is 0 Å². The van der Waals surface area contributed by atoms with E-state index in [9.17, 15) is 19.7 Å². The van der Waals surface area contributed by atoms with Gasteiger partial charge in [0, 0.05) is 12.1 Å². The molecule has 1 N–H and O–H groups in total. The highest BCUT2D eigenvalue weighted by molar-refractivity contribution is 5.79. The summed E-state index contributed by atoms with van der Waals surface area (Å²) in [4.78, 5) is 34.7. The van der Waals surface area contributed by atoms with Gasteiger partial charge < -0.3 is 19.5 Å². The molecular weight excluding hydrogens is 392 g/mol. The Morgan fingerprint density at radius 1 is 1.03 bits per heavy atom. The van der Waals surface area contributed by atoms with Crippen molar-refractivity contribution in [2.75, 3.05) is 13.7 Å². The summed E-state index contributed by atoms with van der Waals surface area (Å²) in [5.41, 5.74) is 0.634. The summed E-state index contributed by atoms with van der Waals surface area (Å²) in [7, 11) is 1.55. The molecule has 1 amide bonds. The quantitative estimate of drug-likeness (QED) is 0.359. The highest BCUT2D eigenvalue weighted by atomic mass is 16.6. The first-order valence-electron chi connectivity index (χ1n) is 9.28. The number of hydrogen-bond donors (Lipinski definition) is 1. The van der Waals surface area contributed by atoms with Gasteiger partial charge in [0.25, 0.3) is 11.6 Å². The van der Waals surface area contributed by atoms with Crippen LogP contribution in [0, 0.1) is 10.1 Å². The van der Waals surface area contributed by atoms with Gasteiger partial charge >= 0.3 is 5.97 Å². The predicted molar refractivity (Wildman–Crippen MR) is 108 cm³/mol. The van der Waals surface area contributed by atoms with E-state index in [-0.39, 0.29) is 24.8 Å². The Balaban J connectivity index is 2.02. The van der Waals surface area contributed by atoms with Gasteiger partial charge in [-0.3, -0.25) is 19.7 Å². The third-order valence-corrected chi connectivity index (χ3v) is 4.01. The van der Waals surface area contributed by atoms with Crippen molar-refractivity contribution in [1.29, 1.82) is 0 Å². The van der Waals surface area contributed by atoms with E-state index in [1.807, 2.05) is 0 Å². The number of hydrogen-bond acceptors (Lipinski definition) is 7. The van der Waals surface area contributed by atoms with Crippen LogP contribution in [0.15, 0.2) is 48.5 Å². The molecule has 30 heavy (non-hydrogen) atoms. The Morgan fingerprint density at radius 2 is 1.63 bits per heavy atom. The smallest absolute Gasteiger partial charge is 0.308 e. The number of amides is 1. The summed E-state index contributed by atoms with van der Waals surface area (Å²) in [6.45, 7) is 3.18. The average Bonchev–Trinajstić information content (AvgIpc) is 2.71. The molecule has 1 unspecified atom stereocenters. The summed E-state index contributed by atoms with van der Waals surface area (Å²) < 4.78 is 15.7. The van der Waals surface area contributed by atoms with Crippen molar-refractivity contribution in [1.82, 2.24) is 5.32 Å². The van der Waals surface area contributed by atoms with E-state index >= 15 is 0 Å². The lowest BCUT2D eigenvalue weighted by Gasteiger charge is -2.20. The fourth-order valence-corrected chi connectivity index (χ4v) is 2.62. The van der Waals surface area contributed by atoms with Gasteiger partial charge in [0.05, 0.1) is 30.6 Å². The van der Waals surface area contributed by atoms with Crippen molar-refractivity contribution < 1.29 is 28.7 Å². The lowest BCUT2D eigenvalue weighted by atomic mass is 10.0. The average molecular weight is 416 g/mol. The highest BCUT2D eigenvalue weighted by Crippen LogP contribution is 2.22. The van der Waals surface area contributed by atoms with Gasteiger partial charge in [0.1, 0.15) is 11.5 Å². The molecule has 2 aromatic carbocycles. The highest BCUT2D eigenvalue weighted by Gasteiger charge is 2.20.